The van der Waals surface area contributed by atoms with Crippen LogP contribution >= 0.6 is 0 Å². The van der Waals surface area contributed by atoms with Crippen molar-refractivity contribution in [2.24, 2.45) is 5.73 Å². The van der Waals surface area contributed by atoms with Gasteiger partial charge in [0.15, 0.2) is 0 Å². The highest BCUT2D eigenvalue weighted by atomic mass is 16.3. The Morgan fingerprint density at radius 2 is 2.00 bits per heavy atom. The van der Waals surface area contributed by atoms with Crippen LogP contribution in [0.2, 0.25) is 0 Å². The largest absolute Gasteiger partial charge is 0.508 e. The summed E-state index contributed by atoms with van der Waals surface area (Å²) in [6.07, 6.45) is 0.820. The zero-order valence-corrected chi connectivity index (χ0v) is 9.09. The predicted octanol–water partition coefficient (Wildman–Crippen LogP) is 0.994. The number of hydrogen-bond donors (Lipinski definition) is 2. The van der Waals surface area contributed by atoms with Gasteiger partial charge in [-0.25, -0.2) is 4.68 Å². The fourth-order valence-electron chi connectivity index (χ4n) is 1.65. The molecule has 3 N–H and O–H groups in total. The summed E-state index contributed by atoms with van der Waals surface area (Å²) < 4.78 is 1.75. The quantitative estimate of drug-likeness (QED) is 0.805. The summed E-state index contributed by atoms with van der Waals surface area (Å²) in [5.41, 5.74) is 8.29. The third-order valence-corrected chi connectivity index (χ3v) is 2.47. The van der Waals surface area contributed by atoms with Crippen LogP contribution in [0.4, 0.5) is 0 Å². The maximum absolute atomic E-state index is 9.22. The first-order chi connectivity index (χ1) is 7.76. The number of hydrogen-bond acceptors (Lipinski definition) is 4. The number of nitrogens with zero attached hydrogens (tertiary/aromatic N) is 3. The summed E-state index contributed by atoms with van der Waals surface area (Å²) in [5, 5.41) is 17.3. The van der Waals surface area contributed by atoms with E-state index < -0.39 is 0 Å². The molecule has 1 heterocycles. The van der Waals surface area contributed by atoms with Crippen molar-refractivity contribution in [3.05, 3.63) is 35.7 Å². The van der Waals surface area contributed by atoms with Gasteiger partial charge in [0, 0.05) is 6.54 Å². The molecule has 2 rings (SSSR count). The normalized spacial score (nSPS) is 10.6. The molecule has 5 nitrogen and oxygen atoms in total. The summed E-state index contributed by atoms with van der Waals surface area (Å²) >= 11 is 0. The lowest BCUT2D eigenvalue weighted by atomic mass is 10.2. The Balaban J connectivity index is 2.47. The lowest BCUT2D eigenvalue weighted by Crippen LogP contribution is -2.04. The third kappa shape index (κ3) is 1.77. The minimum atomic E-state index is 0.237. The average molecular weight is 218 g/mol. The standard InChI is InChI=1S/C11H14N4O/c1-2-11-10(7-12)13-14-15(11)8-3-5-9(16)6-4-8/h3-6,16H,2,7,12H2,1H3. The zero-order chi connectivity index (χ0) is 11.5. The SMILES string of the molecule is CCc1c(CN)nnn1-c1ccc(O)cc1. The Morgan fingerprint density at radius 3 is 2.56 bits per heavy atom. The second-order valence-electron chi connectivity index (χ2n) is 3.47. The molecule has 1 aromatic heterocycles. The van der Waals surface area contributed by atoms with Crippen LogP contribution in [0.3, 0.4) is 0 Å². The molecule has 0 saturated heterocycles. The number of aromatic hydroxyl groups is 1. The molecule has 0 aliphatic carbocycles. The molecule has 0 saturated carbocycles. The Morgan fingerprint density at radius 1 is 1.31 bits per heavy atom. The molecule has 2 aromatic rings. The van der Waals surface area contributed by atoms with E-state index in [0.717, 1.165) is 23.5 Å². The molecule has 0 aliphatic heterocycles. The molecule has 84 valence electrons. The Labute approximate surface area is 93.5 Å². The minimum absolute atomic E-state index is 0.237. The smallest absolute Gasteiger partial charge is 0.115 e. The summed E-state index contributed by atoms with van der Waals surface area (Å²) in [5.74, 6) is 0.237. The molecule has 0 atom stereocenters. The predicted molar refractivity (Wildman–Crippen MR) is 60.3 cm³/mol. The van der Waals surface area contributed by atoms with Crippen molar-refractivity contribution >= 4 is 0 Å². The van der Waals surface area contributed by atoms with Crippen molar-refractivity contribution in [3.8, 4) is 11.4 Å². The van der Waals surface area contributed by atoms with Crippen molar-refractivity contribution in [2.75, 3.05) is 0 Å². The van der Waals surface area contributed by atoms with E-state index in [2.05, 4.69) is 10.3 Å². The second-order valence-corrected chi connectivity index (χ2v) is 3.47. The first-order valence-electron chi connectivity index (χ1n) is 5.19. The lowest BCUT2D eigenvalue weighted by molar-refractivity contribution is 0.475. The van der Waals surface area contributed by atoms with Gasteiger partial charge in [0.05, 0.1) is 17.1 Å². The van der Waals surface area contributed by atoms with Crippen molar-refractivity contribution in [1.82, 2.24) is 15.0 Å². The van der Waals surface area contributed by atoms with E-state index in [0.29, 0.717) is 6.54 Å². The van der Waals surface area contributed by atoms with Gasteiger partial charge in [-0.3, -0.25) is 0 Å². The topological polar surface area (TPSA) is 77.0 Å². The number of benzene rings is 1. The highest BCUT2D eigenvalue weighted by molar-refractivity contribution is 5.37. The van der Waals surface area contributed by atoms with Crippen LogP contribution in [-0.4, -0.2) is 20.1 Å². The molecule has 0 bridgehead atoms. The number of phenolic OH excluding ortho intramolecular Hbond substituents is 1. The Kier molecular flexibility index (Phi) is 2.87. The van der Waals surface area contributed by atoms with Crippen molar-refractivity contribution < 1.29 is 5.11 Å². The highest BCUT2D eigenvalue weighted by Gasteiger charge is 2.10. The number of aromatic nitrogens is 3. The van der Waals surface area contributed by atoms with Gasteiger partial charge in [-0.15, -0.1) is 5.10 Å². The fourth-order valence-corrected chi connectivity index (χ4v) is 1.65. The average Bonchev–Trinajstić information content (AvgIpc) is 2.72. The van der Waals surface area contributed by atoms with Gasteiger partial charge in [0.25, 0.3) is 0 Å². The summed E-state index contributed by atoms with van der Waals surface area (Å²) in [6, 6.07) is 6.84. The van der Waals surface area contributed by atoms with Crippen molar-refractivity contribution in [3.63, 3.8) is 0 Å². The van der Waals surface area contributed by atoms with Crippen molar-refractivity contribution in [2.45, 2.75) is 19.9 Å². The number of phenols is 1. The van der Waals surface area contributed by atoms with Crippen LogP contribution in [0, 0.1) is 0 Å². The molecular formula is C11H14N4O. The lowest BCUT2D eigenvalue weighted by Gasteiger charge is -2.05. The molecule has 0 aliphatic rings. The van der Waals surface area contributed by atoms with Crippen molar-refractivity contribution in [1.29, 1.82) is 0 Å². The van der Waals surface area contributed by atoms with Gasteiger partial charge in [-0.05, 0) is 30.7 Å². The first-order valence-corrected chi connectivity index (χ1v) is 5.19. The van der Waals surface area contributed by atoms with E-state index in [4.69, 9.17) is 5.73 Å². The van der Waals surface area contributed by atoms with Crippen LogP contribution < -0.4 is 5.73 Å². The Hall–Kier alpha value is -1.88. The molecule has 0 fully saturated rings. The highest BCUT2D eigenvalue weighted by Crippen LogP contribution is 2.16. The van der Waals surface area contributed by atoms with E-state index in [-0.39, 0.29) is 5.75 Å². The Bertz CT molecular complexity index is 475. The first kappa shape index (κ1) is 10.6. The van der Waals surface area contributed by atoms with Crippen LogP contribution in [0.15, 0.2) is 24.3 Å². The van der Waals surface area contributed by atoms with E-state index in [1.165, 1.54) is 0 Å². The van der Waals surface area contributed by atoms with Gasteiger partial charge < -0.3 is 10.8 Å². The molecule has 0 unspecified atom stereocenters. The maximum atomic E-state index is 9.22. The third-order valence-electron chi connectivity index (χ3n) is 2.47. The molecule has 1 aromatic carbocycles. The molecule has 0 amide bonds. The van der Waals surface area contributed by atoms with Crippen LogP contribution in [0.25, 0.3) is 5.69 Å². The molecule has 16 heavy (non-hydrogen) atoms. The number of nitrogens with two attached hydrogens (primary N) is 1. The van der Waals surface area contributed by atoms with Gasteiger partial charge >= 0.3 is 0 Å². The number of rotatable bonds is 3. The molecule has 5 heteroatoms. The van der Waals surface area contributed by atoms with Crippen LogP contribution in [0.5, 0.6) is 5.75 Å². The van der Waals surface area contributed by atoms with E-state index in [9.17, 15) is 5.11 Å². The molecule has 0 spiro atoms. The summed E-state index contributed by atoms with van der Waals surface area (Å²) in [7, 11) is 0. The van der Waals surface area contributed by atoms with E-state index in [1.54, 1.807) is 28.9 Å². The monoisotopic (exact) mass is 218 g/mol. The maximum Gasteiger partial charge on any atom is 0.115 e. The summed E-state index contributed by atoms with van der Waals surface area (Å²) in [4.78, 5) is 0. The van der Waals surface area contributed by atoms with Crippen LogP contribution in [0.1, 0.15) is 18.3 Å². The van der Waals surface area contributed by atoms with Gasteiger partial charge in [-0.2, -0.15) is 0 Å². The minimum Gasteiger partial charge on any atom is -0.508 e. The van der Waals surface area contributed by atoms with E-state index in [1.807, 2.05) is 6.92 Å². The molecule has 0 radical (unpaired) electrons. The van der Waals surface area contributed by atoms with Crippen LogP contribution in [-0.2, 0) is 13.0 Å². The second kappa shape index (κ2) is 4.32. The summed E-state index contributed by atoms with van der Waals surface area (Å²) in [6.45, 7) is 2.43. The van der Waals surface area contributed by atoms with Gasteiger partial charge in [-0.1, -0.05) is 12.1 Å². The van der Waals surface area contributed by atoms with E-state index >= 15 is 0 Å². The molecular weight excluding hydrogens is 204 g/mol. The van der Waals surface area contributed by atoms with Gasteiger partial charge in [0.2, 0.25) is 0 Å². The zero-order valence-electron chi connectivity index (χ0n) is 9.09. The van der Waals surface area contributed by atoms with Gasteiger partial charge in [0.1, 0.15) is 5.75 Å². The fraction of sp³-hybridized carbons (Fsp3) is 0.273.